The fourth-order valence-corrected chi connectivity index (χ4v) is 6.49. The van der Waals surface area contributed by atoms with E-state index in [1.165, 1.54) is 25.2 Å². The second-order valence-electron chi connectivity index (χ2n) is 9.76. The van der Waals surface area contributed by atoms with Crippen LogP contribution < -0.4 is 5.01 Å². The molecule has 0 unspecified atom stereocenters. The van der Waals surface area contributed by atoms with Gasteiger partial charge in [0.1, 0.15) is 9.79 Å². The molecule has 22 nitrogen and oxygen atoms in total. The first-order valence-corrected chi connectivity index (χ1v) is 18.5. The van der Waals surface area contributed by atoms with E-state index in [9.17, 15) is 45.4 Å². The van der Waals surface area contributed by atoms with Crippen molar-refractivity contribution in [1.82, 2.24) is 9.78 Å². The average molecular weight is 833 g/mol. The highest BCUT2D eigenvalue weighted by molar-refractivity contribution is 7.94. The van der Waals surface area contributed by atoms with E-state index < -0.39 is 82.1 Å². The van der Waals surface area contributed by atoms with E-state index in [0.29, 0.717) is 33.8 Å². The Morgan fingerprint density at radius 1 is 0.870 bits per heavy atom. The van der Waals surface area contributed by atoms with Crippen molar-refractivity contribution in [2.24, 2.45) is 5.10 Å². The van der Waals surface area contributed by atoms with Crippen molar-refractivity contribution in [3.63, 3.8) is 0 Å². The molecule has 5 N–H and O–H groups in total. The number of esters is 2. The standard InChI is InChI=1S/C28H24N4O18S4/c1-3-46-28(36)24-18(26(34)32(30-24)20-14-16(52-50-48-38)10-12-22(20)54(42,43)44)8-6-4-5-7-17-23(27(35)45-2)29-31(25(17)33)19-13-15(51-49-47-37)9-11-21(19)53(39,40)41/h4-14,33,37-38H,3H2,1-2H3,(H,39,40,41)(H,42,43,44)/b6-4?,7-5?,18-8-. The number of amides is 1. The van der Waals surface area contributed by atoms with Gasteiger partial charge in [-0.05, 0) is 55.5 Å². The lowest BCUT2D eigenvalue weighted by Crippen LogP contribution is -2.24. The number of carbonyl (C=O) groups is 3. The number of aromatic nitrogens is 2. The van der Waals surface area contributed by atoms with E-state index in [2.05, 4.69) is 28.9 Å². The van der Waals surface area contributed by atoms with E-state index in [1.54, 1.807) is 0 Å². The van der Waals surface area contributed by atoms with Gasteiger partial charge in [-0.2, -0.15) is 36.7 Å². The van der Waals surface area contributed by atoms with Crippen molar-refractivity contribution >= 4 is 79.6 Å². The van der Waals surface area contributed by atoms with Crippen LogP contribution in [-0.4, -0.2) is 88.6 Å². The topological polar surface area (TPSA) is 309 Å². The molecule has 0 saturated heterocycles. The Hall–Kier alpha value is -4.97. The van der Waals surface area contributed by atoms with Crippen LogP contribution in [0.2, 0.25) is 0 Å². The quantitative estimate of drug-likeness (QED) is 0.0263. The summed E-state index contributed by atoms with van der Waals surface area (Å²) >= 11 is 0.790. The number of hydrazone groups is 1. The lowest BCUT2D eigenvalue weighted by atomic mass is 10.1. The lowest BCUT2D eigenvalue weighted by molar-refractivity contribution is -0.432. The van der Waals surface area contributed by atoms with Gasteiger partial charge in [0.25, 0.3) is 26.1 Å². The molecular formula is C28H24N4O18S4. The third kappa shape index (κ3) is 9.57. The van der Waals surface area contributed by atoms with E-state index in [0.717, 1.165) is 55.7 Å². The van der Waals surface area contributed by atoms with E-state index >= 15 is 0 Å². The zero-order chi connectivity index (χ0) is 39.8. The molecule has 1 aromatic heterocycles. The summed E-state index contributed by atoms with van der Waals surface area (Å²) in [6.07, 6.45) is 5.86. The van der Waals surface area contributed by atoms with Crippen LogP contribution in [0.3, 0.4) is 0 Å². The number of hydrogen-bond acceptors (Lipinski definition) is 20. The molecule has 1 aliphatic rings. The number of carbonyl (C=O) groups excluding carboxylic acids is 3. The van der Waals surface area contributed by atoms with Gasteiger partial charge in [-0.1, -0.05) is 28.3 Å². The summed E-state index contributed by atoms with van der Waals surface area (Å²) in [5, 5.41) is 43.4. The Labute approximate surface area is 312 Å². The molecule has 1 aliphatic heterocycles. The van der Waals surface area contributed by atoms with Crippen molar-refractivity contribution in [3.05, 3.63) is 77.5 Å². The highest BCUT2D eigenvalue weighted by atomic mass is 32.2. The van der Waals surface area contributed by atoms with Crippen molar-refractivity contribution < 1.29 is 84.2 Å². The molecule has 54 heavy (non-hydrogen) atoms. The Morgan fingerprint density at radius 2 is 1.44 bits per heavy atom. The number of ether oxygens (including phenoxy) is 2. The lowest BCUT2D eigenvalue weighted by Gasteiger charge is -2.15. The molecule has 0 radical (unpaired) electrons. The number of hydrogen-bond donors (Lipinski definition) is 5. The third-order valence-corrected chi connectivity index (χ3v) is 9.52. The summed E-state index contributed by atoms with van der Waals surface area (Å²) in [7, 11) is -8.91. The minimum atomic E-state index is -4.97. The van der Waals surface area contributed by atoms with Crippen molar-refractivity contribution in [3.8, 4) is 11.6 Å². The van der Waals surface area contributed by atoms with Crippen LogP contribution in [0.1, 0.15) is 23.0 Å². The first kappa shape index (κ1) is 41.8. The van der Waals surface area contributed by atoms with Crippen molar-refractivity contribution in [1.29, 1.82) is 0 Å². The zero-order valence-corrected chi connectivity index (χ0v) is 30.3. The molecule has 0 saturated carbocycles. The number of allylic oxidation sites excluding steroid dienone is 4. The van der Waals surface area contributed by atoms with Crippen LogP contribution >= 0.6 is 24.1 Å². The van der Waals surface area contributed by atoms with Gasteiger partial charge in [0.2, 0.25) is 5.88 Å². The van der Waals surface area contributed by atoms with Gasteiger partial charge in [-0.15, -0.1) is 8.67 Å². The molecule has 2 aromatic carbocycles. The molecule has 4 rings (SSSR count). The van der Waals surface area contributed by atoms with Gasteiger partial charge in [-0.25, -0.2) is 20.1 Å². The summed E-state index contributed by atoms with van der Waals surface area (Å²) in [4.78, 5) is 37.5. The van der Waals surface area contributed by atoms with Crippen LogP contribution in [0.15, 0.2) is 91.0 Å². The predicted octanol–water partition coefficient (Wildman–Crippen LogP) is 3.18. The van der Waals surface area contributed by atoms with Crippen LogP contribution in [0, 0.1) is 0 Å². The van der Waals surface area contributed by atoms with E-state index in [4.69, 9.17) is 20.0 Å². The Morgan fingerprint density at radius 3 is 1.98 bits per heavy atom. The zero-order valence-electron chi connectivity index (χ0n) is 27.0. The van der Waals surface area contributed by atoms with Crippen LogP contribution in [0.4, 0.5) is 5.69 Å². The van der Waals surface area contributed by atoms with Crippen LogP contribution in [0.5, 0.6) is 5.88 Å². The van der Waals surface area contributed by atoms with Crippen LogP contribution in [0.25, 0.3) is 11.8 Å². The maximum absolute atomic E-state index is 13.5. The molecule has 2 heterocycles. The Balaban J connectivity index is 1.75. The molecule has 26 heteroatoms. The summed E-state index contributed by atoms with van der Waals surface area (Å²) in [5.41, 5.74) is -2.83. The minimum absolute atomic E-state index is 0.0543. The Kier molecular flexibility index (Phi) is 13.9. The molecule has 0 aliphatic carbocycles. The molecule has 0 bridgehead atoms. The number of rotatable bonds is 16. The predicted molar refractivity (Wildman–Crippen MR) is 182 cm³/mol. The SMILES string of the molecule is CCOC(=O)C1=NN(c2cc(SOOO)ccc2S(=O)(=O)O)C(=O)/C1=C\C=CC=Cc1c(C(=O)OC)nn(-c2cc(SOOO)ccc2S(=O)(=O)O)c1O. The van der Waals surface area contributed by atoms with Crippen molar-refractivity contribution in [2.75, 3.05) is 18.7 Å². The average Bonchev–Trinajstić information content (AvgIpc) is 3.63. The second kappa shape index (κ2) is 17.9. The minimum Gasteiger partial charge on any atom is -0.493 e. The summed E-state index contributed by atoms with van der Waals surface area (Å²) in [5.74, 6) is -4.05. The monoisotopic (exact) mass is 832 g/mol. The van der Waals surface area contributed by atoms with Gasteiger partial charge < -0.3 is 14.6 Å². The number of anilines is 1. The molecule has 0 spiro atoms. The smallest absolute Gasteiger partial charge is 0.359 e. The molecule has 288 valence electrons. The van der Waals surface area contributed by atoms with Gasteiger partial charge >= 0.3 is 11.9 Å². The molecule has 1 amide bonds. The second-order valence-corrected chi connectivity index (χ2v) is 14.1. The number of benzene rings is 2. The Bertz CT molecular complexity index is 2300. The number of methoxy groups -OCH3 is 1. The largest absolute Gasteiger partial charge is 0.493 e. The van der Waals surface area contributed by atoms with E-state index in [-0.39, 0.29) is 22.0 Å². The third-order valence-electron chi connectivity index (χ3n) is 6.56. The summed E-state index contributed by atoms with van der Waals surface area (Å²) in [6.45, 7) is 1.33. The number of nitrogens with zero attached hydrogens (tertiary/aromatic N) is 4. The molecule has 0 fully saturated rings. The highest BCUT2D eigenvalue weighted by Crippen LogP contribution is 2.35. The fraction of sp³-hybridized carbons (Fsp3) is 0.107. The van der Waals surface area contributed by atoms with Crippen LogP contribution in [-0.2, 0) is 58.0 Å². The first-order chi connectivity index (χ1) is 25.6. The van der Waals surface area contributed by atoms with Gasteiger partial charge in [0.15, 0.2) is 11.4 Å². The molecular weight excluding hydrogens is 809 g/mol. The van der Waals surface area contributed by atoms with Crippen molar-refractivity contribution in [2.45, 2.75) is 26.5 Å². The maximum Gasteiger partial charge on any atom is 0.359 e. The maximum atomic E-state index is 13.5. The molecule has 3 aromatic rings. The first-order valence-electron chi connectivity index (χ1n) is 14.2. The van der Waals surface area contributed by atoms with Gasteiger partial charge in [0.05, 0.1) is 60.3 Å². The number of aromatic hydroxyl groups is 1. The normalized spacial score (nSPS) is 14.4. The fourth-order valence-electron chi connectivity index (χ4n) is 4.41. The van der Waals surface area contributed by atoms with E-state index in [1.807, 2.05) is 0 Å². The summed E-state index contributed by atoms with van der Waals surface area (Å²) < 4.78 is 87.1. The molecule has 0 atom stereocenters. The highest BCUT2D eigenvalue weighted by Gasteiger charge is 2.38. The summed E-state index contributed by atoms with van der Waals surface area (Å²) in [6, 6.07) is 6.17. The van der Waals surface area contributed by atoms with Gasteiger partial charge in [0, 0.05) is 9.79 Å². The van der Waals surface area contributed by atoms with Gasteiger partial charge in [-0.3, -0.25) is 13.9 Å².